The Bertz CT molecular complexity index is 1550. The van der Waals surface area contributed by atoms with Gasteiger partial charge in [0.05, 0.1) is 22.3 Å². The minimum absolute atomic E-state index is 0.0682. The van der Waals surface area contributed by atoms with Gasteiger partial charge in [-0.1, -0.05) is 60.7 Å². The summed E-state index contributed by atoms with van der Waals surface area (Å²) in [5, 5.41) is 4.75. The van der Waals surface area contributed by atoms with Gasteiger partial charge in [0.15, 0.2) is 0 Å². The molecule has 0 fully saturated rings. The van der Waals surface area contributed by atoms with Crippen LogP contribution < -0.4 is 14.5 Å². The Morgan fingerprint density at radius 1 is 1.08 bits per heavy atom. The number of ether oxygens (including phenoxy) is 1. The second-order valence-electron chi connectivity index (χ2n) is 8.14. The molecule has 188 valence electrons. The number of amides is 1. The van der Waals surface area contributed by atoms with Gasteiger partial charge < -0.3 is 4.74 Å². The number of carbonyl (C=O) groups excluding carboxylic acids is 1. The van der Waals surface area contributed by atoms with Gasteiger partial charge in [-0.2, -0.15) is 5.10 Å². The van der Waals surface area contributed by atoms with Gasteiger partial charge in [-0.05, 0) is 48.9 Å². The van der Waals surface area contributed by atoms with Crippen LogP contribution in [0.1, 0.15) is 11.1 Å². The van der Waals surface area contributed by atoms with E-state index in [4.69, 9.17) is 4.74 Å². The summed E-state index contributed by atoms with van der Waals surface area (Å²) in [7, 11) is -4.09. The average Bonchev–Trinajstić information content (AvgIpc) is 2.91. The minimum atomic E-state index is -4.09. The Kier molecular flexibility index (Phi) is 7.95. The number of hydrogen-bond donors (Lipinski definition) is 1. The van der Waals surface area contributed by atoms with Crippen molar-refractivity contribution in [1.82, 2.24) is 10.4 Å². The average molecular weight is 515 g/mol. The van der Waals surface area contributed by atoms with E-state index in [1.165, 1.54) is 18.3 Å². The molecule has 1 aromatic heterocycles. The molecule has 0 radical (unpaired) electrons. The summed E-state index contributed by atoms with van der Waals surface area (Å²) in [5.74, 6) is 0.0212. The minimum Gasteiger partial charge on any atom is -0.490 e. The van der Waals surface area contributed by atoms with Crippen LogP contribution >= 0.6 is 0 Å². The molecule has 0 spiro atoms. The Morgan fingerprint density at radius 2 is 1.84 bits per heavy atom. The van der Waals surface area contributed by atoms with Gasteiger partial charge in [0.1, 0.15) is 18.9 Å². The fraction of sp³-hybridized carbons (Fsp3) is 0.107. The molecule has 1 amide bonds. The van der Waals surface area contributed by atoms with Crippen molar-refractivity contribution in [2.45, 2.75) is 11.8 Å². The highest BCUT2D eigenvalue weighted by Gasteiger charge is 2.28. The van der Waals surface area contributed by atoms with E-state index in [1.807, 2.05) is 19.1 Å². The molecule has 37 heavy (non-hydrogen) atoms. The highest BCUT2D eigenvalue weighted by Crippen LogP contribution is 2.29. The monoisotopic (exact) mass is 514 g/mol. The van der Waals surface area contributed by atoms with Crippen molar-refractivity contribution in [2.75, 3.05) is 17.5 Å². The summed E-state index contributed by atoms with van der Waals surface area (Å²) in [4.78, 5) is 17.4. The van der Waals surface area contributed by atoms with E-state index < -0.39 is 22.5 Å². The van der Waals surface area contributed by atoms with E-state index in [2.05, 4.69) is 22.1 Å². The lowest BCUT2D eigenvalue weighted by molar-refractivity contribution is -0.119. The first-order chi connectivity index (χ1) is 17.9. The standard InChI is InChI=1S/C28H26N4O4S/c1-3-17-36-24-10-4-7-22(18-24)19-30-31-27(33)20-32(37(34,35)25-14-12-21(2)13-15-25)26-11-5-8-23-9-6-16-29-28(23)26/h3-16,18-19H,1,17,20H2,2H3,(H,31,33)/b30-19+. The Balaban J connectivity index is 1.61. The number of aryl methyl sites for hydroxylation is 1. The maximum Gasteiger partial charge on any atom is 0.264 e. The number of carbonyl (C=O) groups is 1. The van der Waals surface area contributed by atoms with Crippen LogP contribution in [0.4, 0.5) is 5.69 Å². The quantitative estimate of drug-likeness (QED) is 0.191. The van der Waals surface area contributed by atoms with Gasteiger partial charge in [0.2, 0.25) is 0 Å². The van der Waals surface area contributed by atoms with Crippen molar-refractivity contribution in [3.05, 3.63) is 109 Å². The smallest absolute Gasteiger partial charge is 0.264 e. The second kappa shape index (κ2) is 11.5. The first-order valence-electron chi connectivity index (χ1n) is 11.5. The molecule has 0 atom stereocenters. The van der Waals surface area contributed by atoms with Crippen molar-refractivity contribution >= 4 is 38.7 Å². The van der Waals surface area contributed by atoms with Crippen LogP contribution in [0.2, 0.25) is 0 Å². The zero-order valence-electron chi connectivity index (χ0n) is 20.2. The molecule has 0 aliphatic carbocycles. The number of sulfonamides is 1. The number of benzene rings is 3. The third-order valence-corrected chi connectivity index (χ3v) is 7.18. The van der Waals surface area contributed by atoms with E-state index in [-0.39, 0.29) is 4.90 Å². The fourth-order valence-corrected chi connectivity index (χ4v) is 5.04. The molecular weight excluding hydrogens is 488 g/mol. The van der Waals surface area contributed by atoms with E-state index >= 15 is 0 Å². The number of nitrogens with one attached hydrogen (secondary N) is 1. The van der Waals surface area contributed by atoms with Crippen LogP contribution in [0, 0.1) is 6.92 Å². The van der Waals surface area contributed by atoms with Gasteiger partial charge in [-0.15, -0.1) is 0 Å². The SMILES string of the molecule is C=CCOc1cccc(/C=N/NC(=O)CN(c2cccc3cccnc23)S(=O)(=O)c2ccc(C)cc2)c1. The second-order valence-corrected chi connectivity index (χ2v) is 10.0. The molecule has 8 nitrogen and oxygen atoms in total. The Labute approximate surface area is 216 Å². The Morgan fingerprint density at radius 3 is 2.62 bits per heavy atom. The molecule has 0 unspecified atom stereocenters. The van der Waals surface area contributed by atoms with Crippen LogP contribution in [-0.2, 0) is 14.8 Å². The first kappa shape index (κ1) is 25.6. The first-order valence-corrected chi connectivity index (χ1v) is 12.9. The molecule has 1 N–H and O–H groups in total. The van der Waals surface area contributed by atoms with Crippen LogP contribution in [-0.4, -0.2) is 38.7 Å². The highest BCUT2D eigenvalue weighted by molar-refractivity contribution is 7.92. The summed E-state index contributed by atoms with van der Waals surface area (Å²) in [5.41, 5.74) is 4.80. The van der Waals surface area contributed by atoms with Crippen molar-refractivity contribution < 1.29 is 17.9 Å². The maximum atomic E-state index is 13.7. The van der Waals surface area contributed by atoms with Crippen molar-refractivity contribution in [3.8, 4) is 5.75 Å². The number of pyridine rings is 1. The van der Waals surface area contributed by atoms with Crippen LogP contribution in [0.5, 0.6) is 5.75 Å². The lowest BCUT2D eigenvalue weighted by atomic mass is 10.2. The number of rotatable bonds is 10. The Hall–Kier alpha value is -4.50. The molecule has 0 saturated heterocycles. The third-order valence-electron chi connectivity index (χ3n) is 5.41. The lowest BCUT2D eigenvalue weighted by Crippen LogP contribution is -2.39. The summed E-state index contributed by atoms with van der Waals surface area (Å²) in [6, 6.07) is 22.4. The third kappa shape index (κ3) is 6.20. The summed E-state index contributed by atoms with van der Waals surface area (Å²) < 4.78 is 34.0. The predicted molar refractivity (Wildman–Crippen MR) is 145 cm³/mol. The lowest BCUT2D eigenvalue weighted by Gasteiger charge is -2.24. The van der Waals surface area contributed by atoms with Crippen LogP contribution in [0.3, 0.4) is 0 Å². The van der Waals surface area contributed by atoms with E-state index in [0.29, 0.717) is 29.1 Å². The molecule has 4 aromatic rings. The van der Waals surface area contributed by atoms with E-state index in [9.17, 15) is 13.2 Å². The van der Waals surface area contributed by atoms with Gasteiger partial charge in [0, 0.05) is 11.6 Å². The zero-order chi connectivity index (χ0) is 26.3. The summed E-state index contributed by atoms with van der Waals surface area (Å²) in [6.07, 6.45) is 4.68. The van der Waals surface area contributed by atoms with Gasteiger partial charge in [-0.25, -0.2) is 13.8 Å². The van der Waals surface area contributed by atoms with Gasteiger partial charge in [-0.3, -0.25) is 14.1 Å². The predicted octanol–water partition coefficient (Wildman–Crippen LogP) is 4.45. The highest BCUT2D eigenvalue weighted by atomic mass is 32.2. The molecule has 0 bridgehead atoms. The number of fused-ring (bicyclic) bond motifs is 1. The number of aromatic nitrogens is 1. The normalized spacial score (nSPS) is 11.4. The van der Waals surface area contributed by atoms with Crippen LogP contribution in [0.25, 0.3) is 10.9 Å². The molecule has 0 aliphatic heterocycles. The zero-order valence-corrected chi connectivity index (χ0v) is 21.1. The molecule has 4 rings (SSSR count). The van der Waals surface area contributed by atoms with Crippen molar-refractivity contribution in [3.63, 3.8) is 0 Å². The molecular formula is C28H26N4O4S. The topological polar surface area (TPSA) is 101 Å². The van der Waals surface area contributed by atoms with Gasteiger partial charge >= 0.3 is 0 Å². The summed E-state index contributed by atoms with van der Waals surface area (Å²) >= 11 is 0. The molecule has 0 aliphatic rings. The number of nitrogens with zero attached hydrogens (tertiary/aromatic N) is 3. The molecule has 0 saturated carbocycles. The maximum absolute atomic E-state index is 13.7. The van der Waals surface area contributed by atoms with Crippen LogP contribution in [0.15, 0.2) is 108 Å². The number of para-hydroxylation sites is 1. The van der Waals surface area contributed by atoms with Crippen molar-refractivity contribution in [1.29, 1.82) is 0 Å². The fourth-order valence-electron chi connectivity index (χ4n) is 3.61. The summed E-state index contributed by atoms with van der Waals surface area (Å²) in [6.45, 7) is 5.36. The molecule has 3 aromatic carbocycles. The van der Waals surface area contributed by atoms with E-state index in [1.54, 1.807) is 66.9 Å². The van der Waals surface area contributed by atoms with E-state index in [0.717, 1.165) is 15.3 Å². The van der Waals surface area contributed by atoms with Crippen molar-refractivity contribution in [2.24, 2.45) is 5.10 Å². The molecule has 9 heteroatoms. The molecule has 1 heterocycles. The number of anilines is 1. The van der Waals surface area contributed by atoms with Gasteiger partial charge in [0.25, 0.3) is 15.9 Å². The number of hydrogen-bond acceptors (Lipinski definition) is 6. The number of hydrazone groups is 1. The largest absolute Gasteiger partial charge is 0.490 e.